The molecule has 12 heavy (non-hydrogen) atoms. The van der Waals surface area contributed by atoms with Crippen LogP contribution in [-0.4, -0.2) is 5.26 Å². The van der Waals surface area contributed by atoms with E-state index in [2.05, 4.69) is 4.89 Å². The molecule has 1 aromatic carbocycles. The largest absolute Gasteiger partial charge is 0.338 e. The van der Waals surface area contributed by atoms with Gasteiger partial charge in [-0.1, -0.05) is 37.6 Å². The molecular formula is C9H11ClO2. The molecule has 2 nitrogen and oxygen atoms in total. The van der Waals surface area contributed by atoms with E-state index in [0.29, 0.717) is 10.8 Å². The van der Waals surface area contributed by atoms with Crippen LogP contribution in [0.3, 0.4) is 0 Å². The molecule has 0 aromatic heterocycles. The van der Waals surface area contributed by atoms with Crippen molar-refractivity contribution in [3.63, 3.8) is 0 Å². The topological polar surface area (TPSA) is 29.5 Å². The molecule has 0 radical (unpaired) electrons. The molecule has 3 heteroatoms. The van der Waals surface area contributed by atoms with Gasteiger partial charge < -0.3 is 4.89 Å². The van der Waals surface area contributed by atoms with Crippen LogP contribution in [0.5, 0.6) is 5.75 Å². The summed E-state index contributed by atoms with van der Waals surface area (Å²) in [4.78, 5) is 4.21. The van der Waals surface area contributed by atoms with Gasteiger partial charge in [-0.25, -0.2) is 5.26 Å². The third kappa shape index (κ3) is 1.71. The van der Waals surface area contributed by atoms with E-state index in [-0.39, 0.29) is 5.92 Å². The Morgan fingerprint density at radius 1 is 1.42 bits per heavy atom. The van der Waals surface area contributed by atoms with Gasteiger partial charge in [-0.2, -0.15) is 0 Å². The first-order valence-electron chi connectivity index (χ1n) is 3.76. The number of para-hydroxylation sites is 1. The summed E-state index contributed by atoms with van der Waals surface area (Å²) in [6.07, 6.45) is 0. The SMILES string of the molecule is CC(C)c1cccc(Cl)c1OO. The molecule has 0 spiro atoms. The highest BCUT2D eigenvalue weighted by molar-refractivity contribution is 6.32. The normalized spacial score (nSPS) is 10.4. The minimum atomic E-state index is 0.283. The molecule has 1 N–H and O–H groups in total. The summed E-state index contributed by atoms with van der Waals surface area (Å²) in [6, 6.07) is 5.39. The first-order chi connectivity index (χ1) is 5.66. The smallest absolute Gasteiger partial charge is 0.187 e. The average molecular weight is 187 g/mol. The van der Waals surface area contributed by atoms with Gasteiger partial charge in [-0.15, -0.1) is 0 Å². The third-order valence-corrected chi connectivity index (χ3v) is 2.01. The van der Waals surface area contributed by atoms with Crippen molar-refractivity contribution in [1.29, 1.82) is 0 Å². The van der Waals surface area contributed by atoms with Crippen LogP contribution in [-0.2, 0) is 0 Å². The van der Waals surface area contributed by atoms with Gasteiger partial charge in [0.25, 0.3) is 0 Å². The second kappa shape index (κ2) is 3.78. The molecule has 0 bridgehead atoms. The van der Waals surface area contributed by atoms with Crippen molar-refractivity contribution in [3.8, 4) is 5.75 Å². The monoisotopic (exact) mass is 186 g/mol. The predicted molar refractivity (Wildman–Crippen MR) is 48.8 cm³/mol. The quantitative estimate of drug-likeness (QED) is 0.567. The van der Waals surface area contributed by atoms with Crippen molar-refractivity contribution in [2.75, 3.05) is 0 Å². The molecule has 0 saturated heterocycles. The van der Waals surface area contributed by atoms with Gasteiger partial charge in [-0.05, 0) is 12.0 Å². The molecule has 0 amide bonds. The Morgan fingerprint density at radius 3 is 2.50 bits per heavy atom. The lowest BCUT2D eigenvalue weighted by Gasteiger charge is -2.10. The molecule has 66 valence electrons. The fourth-order valence-electron chi connectivity index (χ4n) is 1.08. The Kier molecular flexibility index (Phi) is 2.95. The van der Waals surface area contributed by atoms with Crippen molar-refractivity contribution < 1.29 is 10.1 Å². The van der Waals surface area contributed by atoms with E-state index < -0.39 is 0 Å². The Labute approximate surface area is 76.7 Å². The van der Waals surface area contributed by atoms with Gasteiger partial charge in [-0.3, -0.25) is 0 Å². The summed E-state index contributed by atoms with van der Waals surface area (Å²) in [5.41, 5.74) is 0.907. The van der Waals surface area contributed by atoms with Crippen LogP contribution >= 0.6 is 11.6 Å². The van der Waals surface area contributed by atoms with E-state index in [1.807, 2.05) is 26.0 Å². The molecule has 0 fully saturated rings. The summed E-state index contributed by atoms with van der Waals surface area (Å²) in [5.74, 6) is 0.639. The number of benzene rings is 1. The van der Waals surface area contributed by atoms with Crippen LogP contribution in [0.4, 0.5) is 0 Å². The number of rotatable bonds is 2. The lowest BCUT2D eigenvalue weighted by Crippen LogP contribution is -1.94. The predicted octanol–water partition coefficient (Wildman–Crippen LogP) is 3.32. The van der Waals surface area contributed by atoms with Gasteiger partial charge in [0.2, 0.25) is 0 Å². The van der Waals surface area contributed by atoms with E-state index in [9.17, 15) is 0 Å². The lowest BCUT2D eigenvalue weighted by atomic mass is 10.0. The van der Waals surface area contributed by atoms with Gasteiger partial charge in [0.15, 0.2) is 5.75 Å². The molecule has 0 heterocycles. The van der Waals surface area contributed by atoms with Crippen LogP contribution in [0.2, 0.25) is 5.02 Å². The molecule has 0 aliphatic carbocycles. The highest BCUT2D eigenvalue weighted by Crippen LogP contribution is 2.32. The summed E-state index contributed by atoms with van der Waals surface area (Å²) in [7, 11) is 0. The van der Waals surface area contributed by atoms with Crippen molar-refractivity contribution in [3.05, 3.63) is 28.8 Å². The molecule has 0 atom stereocenters. The third-order valence-electron chi connectivity index (χ3n) is 1.71. The van der Waals surface area contributed by atoms with Crippen LogP contribution in [0.1, 0.15) is 25.3 Å². The molecule has 0 aliphatic rings. The summed E-state index contributed by atoms with van der Waals surface area (Å²) >= 11 is 5.79. The molecule has 0 saturated carbocycles. The zero-order valence-corrected chi connectivity index (χ0v) is 7.80. The van der Waals surface area contributed by atoms with E-state index >= 15 is 0 Å². The van der Waals surface area contributed by atoms with Gasteiger partial charge >= 0.3 is 0 Å². The van der Waals surface area contributed by atoms with E-state index in [1.54, 1.807) is 6.07 Å². The minimum Gasteiger partial charge on any atom is -0.338 e. The molecule has 0 unspecified atom stereocenters. The standard InChI is InChI=1S/C9H11ClO2/c1-6(2)7-4-3-5-8(10)9(7)12-11/h3-6,11H,1-2H3. The second-order valence-corrected chi connectivity index (χ2v) is 3.31. The highest BCUT2D eigenvalue weighted by Gasteiger charge is 2.10. The van der Waals surface area contributed by atoms with E-state index in [4.69, 9.17) is 16.9 Å². The summed E-state index contributed by atoms with van der Waals surface area (Å²) in [5, 5.41) is 9.00. The maximum atomic E-state index is 8.56. The molecular weight excluding hydrogens is 176 g/mol. The van der Waals surface area contributed by atoms with Gasteiger partial charge in [0.1, 0.15) is 0 Å². The zero-order valence-electron chi connectivity index (χ0n) is 7.04. The van der Waals surface area contributed by atoms with Gasteiger partial charge in [0.05, 0.1) is 5.02 Å². The lowest BCUT2D eigenvalue weighted by molar-refractivity contribution is -0.138. The Balaban J connectivity index is 3.18. The summed E-state index contributed by atoms with van der Waals surface area (Å²) < 4.78 is 0. The van der Waals surface area contributed by atoms with Crippen LogP contribution < -0.4 is 4.89 Å². The first-order valence-corrected chi connectivity index (χ1v) is 4.14. The Morgan fingerprint density at radius 2 is 2.08 bits per heavy atom. The average Bonchev–Trinajstić information content (AvgIpc) is 2.03. The minimum absolute atomic E-state index is 0.283. The Hall–Kier alpha value is -0.730. The van der Waals surface area contributed by atoms with E-state index in [0.717, 1.165) is 5.56 Å². The fraction of sp³-hybridized carbons (Fsp3) is 0.333. The van der Waals surface area contributed by atoms with Crippen molar-refractivity contribution in [1.82, 2.24) is 0 Å². The van der Waals surface area contributed by atoms with Crippen molar-refractivity contribution in [2.24, 2.45) is 0 Å². The number of hydrogen-bond acceptors (Lipinski definition) is 2. The van der Waals surface area contributed by atoms with Crippen molar-refractivity contribution >= 4 is 11.6 Å². The number of halogens is 1. The number of hydrogen-bond donors (Lipinski definition) is 1. The maximum absolute atomic E-state index is 8.56. The Bertz CT molecular complexity index is 271. The van der Waals surface area contributed by atoms with E-state index in [1.165, 1.54) is 0 Å². The second-order valence-electron chi connectivity index (χ2n) is 2.90. The zero-order chi connectivity index (χ0) is 9.14. The van der Waals surface area contributed by atoms with Crippen LogP contribution in [0.25, 0.3) is 0 Å². The first kappa shape index (κ1) is 9.36. The molecule has 1 aromatic rings. The molecule has 0 aliphatic heterocycles. The van der Waals surface area contributed by atoms with Crippen LogP contribution in [0, 0.1) is 0 Å². The fourth-order valence-corrected chi connectivity index (χ4v) is 1.29. The van der Waals surface area contributed by atoms with Gasteiger partial charge in [0, 0.05) is 5.56 Å². The highest BCUT2D eigenvalue weighted by atomic mass is 35.5. The molecule has 1 rings (SSSR count). The van der Waals surface area contributed by atoms with Crippen LogP contribution in [0.15, 0.2) is 18.2 Å². The van der Waals surface area contributed by atoms with Crippen molar-refractivity contribution in [2.45, 2.75) is 19.8 Å². The summed E-state index contributed by atoms with van der Waals surface area (Å²) in [6.45, 7) is 4.02. The maximum Gasteiger partial charge on any atom is 0.187 e.